The molecule has 2 aromatic heterocycles. The van der Waals surface area contributed by atoms with Crippen molar-refractivity contribution in [2.24, 2.45) is 0 Å². The molecule has 27 heavy (non-hydrogen) atoms. The van der Waals surface area contributed by atoms with Gasteiger partial charge in [-0.15, -0.1) is 10.2 Å². The second-order valence-corrected chi connectivity index (χ2v) is 7.33. The van der Waals surface area contributed by atoms with E-state index in [0.717, 1.165) is 10.6 Å². The largest absolute Gasteiger partial charge is 0.322 e. The number of hydrogen-bond donors (Lipinski definition) is 1. The third kappa shape index (κ3) is 4.00. The fourth-order valence-electron chi connectivity index (χ4n) is 2.39. The zero-order valence-corrected chi connectivity index (χ0v) is 16.0. The molecule has 4 aromatic rings. The van der Waals surface area contributed by atoms with Gasteiger partial charge in [0.25, 0.3) is 0 Å². The highest BCUT2D eigenvalue weighted by atomic mass is 35.5. The number of anilines is 1. The fraction of sp³-hybridized carbons (Fsp3) is 0. The van der Waals surface area contributed by atoms with E-state index >= 15 is 0 Å². The highest BCUT2D eigenvalue weighted by Crippen LogP contribution is 2.27. The summed E-state index contributed by atoms with van der Waals surface area (Å²) in [6, 6.07) is 12.5. The van der Waals surface area contributed by atoms with Gasteiger partial charge in [-0.2, -0.15) is 9.61 Å². The number of carbonyl (C=O) groups is 1. The molecule has 0 atom stereocenters. The smallest absolute Gasteiger partial charge is 0.248 e. The summed E-state index contributed by atoms with van der Waals surface area (Å²) in [6.07, 6.45) is 4.61. The van der Waals surface area contributed by atoms with Crippen LogP contribution in [0.15, 0.2) is 54.9 Å². The molecule has 0 aliphatic heterocycles. The molecule has 0 saturated heterocycles. The van der Waals surface area contributed by atoms with E-state index in [1.165, 1.54) is 17.4 Å². The molecule has 2 heterocycles. The number of benzene rings is 2. The Hall–Kier alpha value is -2.74. The number of hydrogen-bond acceptors (Lipinski definition) is 5. The van der Waals surface area contributed by atoms with E-state index < -0.39 is 0 Å². The Morgan fingerprint density at radius 2 is 2.07 bits per heavy atom. The Morgan fingerprint density at radius 3 is 2.89 bits per heavy atom. The minimum Gasteiger partial charge on any atom is -0.322 e. The van der Waals surface area contributed by atoms with Crippen molar-refractivity contribution in [2.45, 2.75) is 0 Å². The normalized spacial score (nSPS) is 11.3. The average molecular weight is 416 g/mol. The quantitative estimate of drug-likeness (QED) is 0.485. The molecule has 9 heteroatoms. The summed E-state index contributed by atoms with van der Waals surface area (Å²) in [5.74, 6) is -0.267. The molecule has 4 rings (SSSR count). The van der Waals surface area contributed by atoms with Gasteiger partial charge in [0.1, 0.15) is 11.3 Å². The summed E-state index contributed by atoms with van der Waals surface area (Å²) in [4.78, 5) is 12.9. The summed E-state index contributed by atoms with van der Waals surface area (Å²) >= 11 is 13.4. The standard InChI is InChI=1S/C18H11Cl2N5OS/c19-13-6-4-11(15(20)9-13)5-7-16(26)22-14-3-1-2-12(8-14)17-24-25-10-21-23-18(25)27-17/h1-10H,(H,22,26). The van der Waals surface area contributed by atoms with Crippen LogP contribution in [0.3, 0.4) is 0 Å². The van der Waals surface area contributed by atoms with Gasteiger partial charge in [-0.3, -0.25) is 4.79 Å². The van der Waals surface area contributed by atoms with Gasteiger partial charge >= 0.3 is 0 Å². The average Bonchev–Trinajstić information content (AvgIpc) is 3.23. The van der Waals surface area contributed by atoms with Gasteiger partial charge in [-0.1, -0.05) is 52.7 Å². The molecule has 0 unspecified atom stereocenters. The van der Waals surface area contributed by atoms with Crippen LogP contribution in [-0.2, 0) is 4.79 Å². The molecular weight excluding hydrogens is 405 g/mol. The van der Waals surface area contributed by atoms with Gasteiger partial charge < -0.3 is 5.32 Å². The first-order chi connectivity index (χ1) is 13.1. The fourth-order valence-corrected chi connectivity index (χ4v) is 3.68. The van der Waals surface area contributed by atoms with Crippen molar-refractivity contribution in [2.75, 3.05) is 5.32 Å². The van der Waals surface area contributed by atoms with Gasteiger partial charge in [0, 0.05) is 27.4 Å². The van der Waals surface area contributed by atoms with Crippen molar-refractivity contribution in [3.63, 3.8) is 0 Å². The molecule has 0 radical (unpaired) electrons. The number of nitrogens with zero attached hydrogens (tertiary/aromatic N) is 4. The maximum absolute atomic E-state index is 12.2. The lowest BCUT2D eigenvalue weighted by Crippen LogP contribution is -2.07. The number of carbonyl (C=O) groups excluding carboxylic acids is 1. The predicted octanol–water partition coefficient (Wildman–Crippen LogP) is 4.81. The maximum atomic E-state index is 12.2. The van der Waals surface area contributed by atoms with Crippen molar-refractivity contribution in [3.8, 4) is 10.6 Å². The maximum Gasteiger partial charge on any atom is 0.248 e. The van der Waals surface area contributed by atoms with E-state index in [1.54, 1.807) is 35.1 Å². The van der Waals surface area contributed by atoms with E-state index in [9.17, 15) is 4.79 Å². The van der Waals surface area contributed by atoms with Gasteiger partial charge in [-0.05, 0) is 35.9 Å². The molecule has 0 fully saturated rings. The number of aromatic nitrogens is 4. The van der Waals surface area contributed by atoms with Crippen molar-refractivity contribution in [1.82, 2.24) is 19.8 Å². The number of halogens is 2. The van der Waals surface area contributed by atoms with Crippen molar-refractivity contribution in [3.05, 3.63) is 70.5 Å². The number of nitrogens with one attached hydrogen (secondary N) is 1. The van der Waals surface area contributed by atoms with Crippen LogP contribution in [0.4, 0.5) is 5.69 Å². The van der Waals surface area contributed by atoms with Gasteiger partial charge in [-0.25, -0.2) is 0 Å². The van der Waals surface area contributed by atoms with Gasteiger partial charge in [0.05, 0.1) is 0 Å². The topological polar surface area (TPSA) is 72.2 Å². The summed E-state index contributed by atoms with van der Waals surface area (Å²) < 4.78 is 1.61. The van der Waals surface area contributed by atoms with Crippen LogP contribution in [0.2, 0.25) is 10.0 Å². The van der Waals surface area contributed by atoms with Crippen molar-refractivity contribution in [1.29, 1.82) is 0 Å². The molecule has 0 aliphatic carbocycles. The minimum atomic E-state index is -0.267. The number of fused-ring (bicyclic) bond motifs is 1. The Morgan fingerprint density at radius 1 is 1.19 bits per heavy atom. The molecule has 134 valence electrons. The van der Waals surface area contributed by atoms with E-state index in [-0.39, 0.29) is 5.91 Å². The van der Waals surface area contributed by atoms with E-state index in [2.05, 4.69) is 20.6 Å². The molecule has 0 spiro atoms. The first-order valence-corrected chi connectivity index (χ1v) is 9.37. The first kappa shape index (κ1) is 17.7. The third-order valence-corrected chi connectivity index (χ3v) is 5.17. The molecule has 0 saturated carbocycles. The third-order valence-electron chi connectivity index (χ3n) is 3.64. The number of rotatable bonds is 4. The van der Waals surface area contributed by atoms with Crippen LogP contribution in [0.25, 0.3) is 21.6 Å². The first-order valence-electron chi connectivity index (χ1n) is 7.80. The lowest BCUT2D eigenvalue weighted by atomic mass is 10.2. The van der Waals surface area contributed by atoms with Crippen molar-refractivity contribution < 1.29 is 4.79 Å². The minimum absolute atomic E-state index is 0.267. The summed E-state index contributed by atoms with van der Waals surface area (Å²) in [5.41, 5.74) is 2.26. The molecular formula is C18H11Cl2N5OS. The van der Waals surface area contributed by atoms with Crippen LogP contribution < -0.4 is 5.32 Å². The molecule has 2 aromatic carbocycles. The lowest BCUT2D eigenvalue weighted by Gasteiger charge is -2.04. The van der Waals surface area contributed by atoms with Crippen molar-refractivity contribution >= 4 is 57.2 Å². The van der Waals surface area contributed by atoms with E-state index in [4.69, 9.17) is 23.2 Å². The Balaban J connectivity index is 1.50. The van der Waals surface area contributed by atoms with E-state index in [1.807, 2.05) is 24.3 Å². The van der Waals surface area contributed by atoms with Crippen LogP contribution in [-0.4, -0.2) is 25.7 Å². The molecule has 0 aliphatic rings. The van der Waals surface area contributed by atoms with Crippen LogP contribution >= 0.6 is 34.5 Å². The SMILES string of the molecule is O=C(C=Cc1ccc(Cl)cc1Cl)Nc1cccc(-c2nn3cnnc3s2)c1. The summed E-state index contributed by atoms with van der Waals surface area (Å²) in [5, 5.41) is 16.8. The lowest BCUT2D eigenvalue weighted by molar-refractivity contribution is -0.111. The molecule has 1 amide bonds. The Labute approximate surface area is 168 Å². The number of amides is 1. The Bertz CT molecular complexity index is 1140. The van der Waals surface area contributed by atoms with Crippen LogP contribution in [0.1, 0.15) is 5.56 Å². The summed E-state index contributed by atoms with van der Waals surface area (Å²) in [6.45, 7) is 0. The van der Waals surface area contributed by atoms with E-state index in [0.29, 0.717) is 26.3 Å². The monoisotopic (exact) mass is 415 g/mol. The van der Waals surface area contributed by atoms with Crippen LogP contribution in [0.5, 0.6) is 0 Å². The zero-order chi connectivity index (χ0) is 18.8. The highest BCUT2D eigenvalue weighted by Gasteiger charge is 2.09. The molecule has 0 bridgehead atoms. The Kier molecular flexibility index (Phi) is 4.89. The second kappa shape index (κ2) is 7.48. The van der Waals surface area contributed by atoms with Crippen LogP contribution in [0, 0.1) is 0 Å². The zero-order valence-electron chi connectivity index (χ0n) is 13.6. The molecule has 6 nitrogen and oxygen atoms in total. The highest BCUT2D eigenvalue weighted by molar-refractivity contribution is 7.19. The second-order valence-electron chi connectivity index (χ2n) is 5.53. The predicted molar refractivity (Wildman–Crippen MR) is 108 cm³/mol. The van der Waals surface area contributed by atoms with Gasteiger partial charge in [0.2, 0.25) is 10.9 Å². The van der Waals surface area contributed by atoms with Gasteiger partial charge in [0.15, 0.2) is 0 Å². The molecule has 1 N–H and O–H groups in total. The summed E-state index contributed by atoms with van der Waals surface area (Å²) in [7, 11) is 0.